The number of imidazole rings is 1. The van der Waals surface area contributed by atoms with Crippen molar-refractivity contribution < 1.29 is 0 Å². The minimum absolute atomic E-state index is 0.446. The van der Waals surface area contributed by atoms with Crippen LogP contribution in [0.2, 0.25) is 0 Å². The quantitative estimate of drug-likeness (QED) is 0.772. The Morgan fingerprint density at radius 3 is 2.50 bits per heavy atom. The molecule has 0 radical (unpaired) electrons. The van der Waals surface area contributed by atoms with E-state index in [0.29, 0.717) is 12.0 Å². The molecule has 0 bridgehead atoms. The molecule has 0 amide bonds. The van der Waals surface area contributed by atoms with Crippen LogP contribution in [0.15, 0.2) is 12.4 Å². The fraction of sp³-hybridized carbons (Fsp3) is 0.786. The third kappa shape index (κ3) is 4.33. The third-order valence-corrected chi connectivity index (χ3v) is 3.23. The summed E-state index contributed by atoms with van der Waals surface area (Å²) in [5.74, 6) is 1.62. The molecule has 0 fully saturated rings. The monoisotopic (exact) mass is 252 g/mol. The first-order valence-corrected chi connectivity index (χ1v) is 7.07. The Labute approximate surface area is 111 Å². The van der Waals surface area contributed by atoms with Gasteiger partial charge in [0, 0.05) is 31.5 Å². The van der Waals surface area contributed by atoms with E-state index in [1.165, 1.54) is 0 Å². The Bertz CT molecular complexity index is 328. The maximum absolute atomic E-state index is 4.40. The van der Waals surface area contributed by atoms with E-state index in [4.69, 9.17) is 0 Å². The zero-order valence-electron chi connectivity index (χ0n) is 12.5. The van der Waals surface area contributed by atoms with Crippen molar-refractivity contribution >= 4 is 5.95 Å². The normalized spacial score (nSPS) is 13.3. The molecule has 18 heavy (non-hydrogen) atoms. The van der Waals surface area contributed by atoms with Crippen molar-refractivity contribution in [3.05, 3.63) is 12.4 Å². The Morgan fingerprint density at radius 1 is 1.28 bits per heavy atom. The van der Waals surface area contributed by atoms with E-state index in [2.05, 4.69) is 60.6 Å². The standard InChI is InChI=1S/C14H28N4/c1-6-17(7-2)11-13(5)18-9-8-15-14(18)16-10-12(3)4/h8-9,12-13H,6-7,10-11H2,1-5H3,(H,15,16). The number of anilines is 1. The molecule has 0 aliphatic rings. The fourth-order valence-corrected chi connectivity index (χ4v) is 2.04. The van der Waals surface area contributed by atoms with Crippen LogP contribution in [0.5, 0.6) is 0 Å². The first kappa shape index (κ1) is 15.0. The molecule has 0 aliphatic heterocycles. The van der Waals surface area contributed by atoms with E-state index >= 15 is 0 Å². The van der Waals surface area contributed by atoms with Crippen molar-refractivity contribution in [3.63, 3.8) is 0 Å². The summed E-state index contributed by atoms with van der Waals surface area (Å²) in [5, 5.41) is 3.42. The molecular formula is C14H28N4. The van der Waals surface area contributed by atoms with Crippen LogP contribution < -0.4 is 5.32 Å². The highest BCUT2D eigenvalue weighted by molar-refractivity contribution is 5.26. The van der Waals surface area contributed by atoms with Gasteiger partial charge in [0.1, 0.15) is 0 Å². The largest absolute Gasteiger partial charge is 0.355 e. The average molecular weight is 252 g/mol. The van der Waals surface area contributed by atoms with E-state index < -0.39 is 0 Å². The second kappa shape index (κ2) is 7.41. The predicted octanol–water partition coefficient (Wildman–Crippen LogP) is 2.85. The molecule has 0 aliphatic carbocycles. The molecule has 1 atom stereocenters. The summed E-state index contributed by atoms with van der Waals surface area (Å²) in [4.78, 5) is 6.84. The number of nitrogens with zero attached hydrogens (tertiary/aromatic N) is 3. The number of likely N-dealkylation sites (N-methyl/N-ethyl adjacent to an activating group) is 1. The highest BCUT2D eigenvalue weighted by Gasteiger charge is 2.12. The Morgan fingerprint density at radius 2 is 1.94 bits per heavy atom. The van der Waals surface area contributed by atoms with Crippen molar-refractivity contribution in [1.29, 1.82) is 0 Å². The molecule has 1 unspecified atom stereocenters. The molecule has 104 valence electrons. The highest BCUT2D eigenvalue weighted by atomic mass is 15.2. The molecule has 0 saturated carbocycles. The van der Waals surface area contributed by atoms with Crippen LogP contribution in [0.3, 0.4) is 0 Å². The lowest BCUT2D eigenvalue weighted by Gasteiger charge is -2.25. The zero-order chi connectivity index (χ0) is 13.5. The number of hydrogen-bond donors (Lipinski definition) is 1. The Hall–Kier alpha value is -1.03. The zero-order valence-corrected chi connectivity index (χ0v) is 12.5. The van der Waals surface area contributed by atoms with E-state index in [9.17, 15) is 0 Å². The molecule has 0 spiro atoms. The third-order valence-electron chi connectivity index (χ3n) is 3.23. The van der Waals surface area contributed by atoms with Crippen molar-refractivity contribution in [2.24, 2.45) is 5.92 Å². The maximum atomic E-state index is 4.40. The molecule has 1 heterocycles. The molecule has 1 aromatic rings. The molecule has 1 aromatic heterocycles. The van der Waals surface area contributed by atoms with Crippen molar-refractivity contribution in [2.75, 3.05) is 31.5 Å². The lowest BCUT2D eigenvalue weighted by atomic mass is 10.2. The van der Waals surface area contributed by atoms with Crippen LogP contribution in [-0.2, 0) is 0 Å². The van der Waals surface area contributed by atoms with Crippen LogP contribution in [-0.4, -0.2) is 40.6 Å². The van der Waals surface area contributed by atoms with Gasteiger partial charge < -0.3 is 14.8 Å². The lowest BCUT2D eigenvalue weighted by molar-refractivity contribution is 0.262. The van der Waals surface area contributed by atoms with Gasteiger partial charge >= 0.3 is 0 Å². The van der Waals surface area contributed by atoms with E-state index in [-0.39, 0.29) is 0 Å². The predicted molar refractivity (Wildman–Crippen MR) is 78.1 cm³/mol. The van der Waals surface area contributed by atoms with Gasteiger partial charge in [0.2, 0.25) is 5.95 Å². The first-order chi connectivity index (χ1) is 8.58. The van der Waals surface area contributed by atoms with Gasteiger partial charge in [-0.15, -0.1) is 0 Å². The van der Waals surface area contributed by atoms with Gasteiger partial charge in [0.25, 0.3) is 0 Å². The molecule has 1 rings (SSSR count). The minimum atomic E-state index is 0.446. The summed E-state index contributed by atoms with van der Waals surface area (Å²) >= 11 is 0. The number of aromatic nitrogens is 2. The van der Waals surface area contributed by atoms with Gasteiger partial charge in [0.15, 0.2) is 0 Å². The summed E-state index contributed by atoms with van der Waals surface area (Å²) < 4.78 is 2.24. The van der Waals surface area contributed by atoms with Crippen LogP contribution in [0.1, 0.15) is 40.7 Å². The fourth-order valence-electron chi connectivity index (χ4n) is 2.04. The minimum Gasteiger partial charge on any atom is -0.355 e. The van der Waals surface area contributed by atoms with Gasteiger partial charge in [-0.05, 0) is 25.9 Å². The number of rotatable bonds is 8. The van der Waals surface area contributed by atoms with E-state index in [0.717, 1.165) is 32.1 Å². The molecule has 1 N–H and O–H groups in total. The first-order valence-electron chi connectivity index (χ1n) is 7.07. The van der Waals surface area contributed by atoms with Gasteiger partial charge in [-0.1, -0.05) is 27.7 Å². The average Bonchev–Trinajstić information content (AvgIpc) is 2.81. The lowest BCUT2D eigenvalue weighted by Crippen LogP contribution is -2.30. The summed E-state index contributed by atoms with van der Waals surface area (Å²) in [6.45, 7) is 15.3. The summed E-state index contributed by atoms with van der Waals surface area (Å²) in [6, 6.07) is 0.446. The van der Waals surface area contributed by atoms with Crippen LogP contribution in [0.4, 0.5) is 5.95 Å². The van der Waals surface area contributed by atoms with Crippen molar-refractivity contribution in [3.8, 4) is 0 Å². The summed E-state index contributed by atoms with van der Waals surface area (Å²) in [5.41, 5.74) is 0. The van der Waals surface area contributed by atoms with Crippen molar-refractivity contribution in [1.82, 2.24) is 14.5 Å². The molecule has 0 saturated heterocycles. The van der Waals surface area contributed by atoms with E-state index in [1.54, 1.807) is 0 Å². The van der Waals surface area contributed by atoms with Gasteiger partial charge in [-0.2, -0.15) is 0 Å². The van der Waals surface area contributed by atoms with Crippen LogP contribution in [0.25, 0.3) is 0 Å². The maximum Gasteiger partial charge on any atom is 0.203 e. The smallest absolute Gasteiger partial charge is 0.203 e. The van der Waals surface area contributed by atoms with Crippen LogP contribution >= 0.6 is 0 Å². The molecular weight excluding hydrogens is 224 g/mol. The van der Waals surface area contributed by atoms with Crippen molar-refractivity contribution in [2.45, 2.75) is 40.7 Å². The van der Waals surface area contributed by atoms with Gasteiger partial charge in [-0.25, -0.2) is 4.98 Å². The number of nitrogens with one attached hydrogen (secondary N) is 1. The second-order valence-corrected chi connectivity index (χ2v) is 5.27. The highest BCUT2D eigenvalue weighted by Crippen LogP contribution is 2.15. The second-order valence-electron chi connectivity index (χ2n) is 5.27. The Kier molecular flexibility index (Phi) is 6.19. The summed E-state index contributed by atoms with van der Waals surface area (Å²) in [6.07, 6.45) is 3.94. The Balaban J connectivity index is 2.62. The topological polar surface area (TPSA) is 33.1 Å². The SMILES string of the molecule is CCN(CC)CC(C)n1ccnc1NCC(C)C. The molecule has 4 heteroatoms. The van der Waals surface area contributed by atoms with Crippen LogP contribution in [0, 0.1) is 5.92 Å². The molecule has 4 nitrogen and oxygen atoms in total. The number of hydrogen-bond acceptors (Lipinski definition) is 3. The van der Waals surface area contributed by atoms with Gasteiger partial charge in [0.05, 0.1) is 0 Å². The van der Waals surface area contributed by atoms with Gasteiger partial charge in [-0.3, -0.25) is 0 Å². The summed E-state index contributed by atoms with van der Waals surface area (Å²) in [7, 11) is 0. The van der Waals surface area contributed by atoms with E-state index in [1.807, 2.05) is 6.20 Å². The molecule has 0 aromatic carbocycles.